The van der Waals surface area contributed by atoms with E-state index in [9.17, 15) is 4.79 Å². The predicted octanol–water partition coefficient (Wildman–Crippen LogP) is 3.56. The number of nitrogens with zero attached hydrogens (tertiary/aromatic N) is 4. The molecule has 1 amide bonds. The third kappa shape index (κ3) is 4.54. The van der Waals surface area contributed by atoms with E-state index in [0.29, 0.717) is 11.6 Å². The number of rotatable bonds is 7. The third-order valence-corrected chi connectivity index (χ3v) is 4.45. The van der Waals surface area contributed by atoms with Crippen molar-refractivity contribution in [3.8, 4) is 28.3 Å². The van der Waals surface area contributed by atoms with Crippen LogP contribution in [0.25, 0.3) is 22.5 Å². The zero-order valence-corrected chi connectivity index (χ0v) is 16.6. The molecule has 0 unspecified atom stereocenters. The van der Waals surface area contributed by atoms with E-state index in [0.717, 1.165) is 16.7 Å². The minimum atomic E-state index is -0.00780. The van der Waals surface area contributed by atoms with Crippen molar-refractivity contribution in [3.63, 3.8) is 0 Å². The quantitative estimate of drug-likeness (QED) is 0.678. The molecule has 7 nitrogen and oxygen atoms in total. The molecule has 0 saturated carbocycles. The molecule has 1 heterocycles. The highest BCUT2D eigenvalue weighted by atomic mass is 16.5. The Bertz CT molecular complexity index is 880. The van der Waals surface area contributed by atoms with Gasteiger partial charge in [0.1, 0.15) is 5.75 Å². The Morgan fingerprint density at radius 2 is 1.46 bits per heavy atom. The maximum atomic E-state index is 12.4. The topological polar surface area (TPSA) is 84.0 Å². The second-order valence-electron chi connectivity index (χ2n) is 7.13. The molecule has 3 aromatic rings. The number of aromatic nitrogens is 4. The van der Waals surface area contributed by atoms with Crippen molar-refractivity contribution in [2.75, 3.05) is 6.61 Å². The van der Waals surface area contributed by atoms with Crippen molar-refractivity contribution in [1.29, 1.82) is 0 Å². The summed E-state index contributed by atoms with van der Waals surface area (Å²) in [5, 5.41) is 13.8. The van der Waals surface area contributed by atoms with Crippen molar-refractivity contribution in [1.82, 2.24) is 25.5 Å². The minimum absolute atomic E-state index is 0.00780. The lowest BCUT2D eigenvalue weighted by molar-refractivity contribution is -0.136. The summed E-state index contributed by atoms with van der Waals surface area (Å²) in [6, 6.07) is 16.0. The van der Waals surface area contributed by atoms with E-state index >= 15 is 0 Å². The third-order valence-electron chi connectivity index (χ3n) is 4.45. The number of tetrazole rings is 1. The number of nitrogens with one attached hydrogen (secondary N) is 1. The number of H-pyrrole nitrogens is 1. The molecule has 0 aliphatic rings. The van der Waals surface area contributed by atoms with Crippen LogP contribution in [-0.2, 0) is 4.79 Å². The van der Waals surface area contributed by atoms with E-state index in [2.05, 4.69) is 20.6 Å². The SMILES string of the molecule is CC(C)N(C(=O)COc1ccc(-c2ccc(-c3nnn[nH]3)cc2)cc1)C(C)C. The van der Waals surface area contributed by atoms with Gasteiger partial charge in [0.05, 0.1) is 0 Å². The van der Waals surface area contributed by atoms with Crippen molar-refractivity contribution in [2.45, 2.75) is 39.8 Å². The summed E-state index contributed by atoms with van der Waals surface area (Å²) in [7, 11) is 0. The minimum Gasteiger partial charge on any atom is -0.484 e. The van der Waals surface area contributed by atoms with E-state index in [4.69, 9.17) is 4.74 Å². The molecule has 0 atom stereocenters. The number of carbonyl (C=O) groups is 1. The van der Waals surface area contributed by atoms with E-state index in [1.165, 1.54) is 0 Å². The van der Waals surface area contributed by atoms with Gasteiger partial charge < -0.3 is 9.64 Å². The standard InChI is InChI=1S/C21H25N5O2/c1-14(2)26(15(3)4)20(27)13-28-19-11-9-17(10-12-19)16-5-7-18(8-6-16)21-22-24-25-23-21/h5-12,14-15H,13H2,1-4H3,(H,22,23,24,25). The number of aromatic amines is 1. The predicted molar refractivity (Wildman–Crippen MR) is 108 cm³/mol. The van der Waals surface area contributed by atoms with Crippen LogP contribution in [0, 0.1) is 0 Å². The highest BCUT2D eigenvalue weighted by Crippen LogP contribution is 2.25. The first-order valence-electron chi connectivity index (χ1n) is 9.34. The van der Waals surface area contributed by atoms with Crippen molar-refractivity contribution < 1.29 is 9.53 Å². The van der Waals surface area contributed by atoms with Crippen LogP contribution >= 0.6 is 0 Å². The van der Waals surface area contributed by atoms with Gasteiger partial charge in [-0.25, -0.2) is 5.10 Å². The zero-order valence-electron chi connectivity index (χ0n) is 16.6. The molecule has 0 radical (unpaired) electrons. The molecule has 2 aromatic carbocycles. The molecule has 1 aromatic heterocycles. The summed E-state index contributed by atoms with van der Waals surface area (Å²) in [6.45, 7) is 8.08. The van der Waals surface area contributed by atoms with Gasteiger partial charge in [0.25, 0.3) is 5.91 Å². The molecular formula is C21H25N5O2. The van der Waals surface area contributed by atoms with Crippen LogP contribution in [0.3, 0.4) is 0 Å². The number of amides is 1. The van der Waals surface area contributed by atoms with Crippen LogP contribution in [-0.4, -0.2) is 50.1 Å². The first-order valence-corrected chi connectivity index (χ1v) is 9.34. The summed E-state index contributed by atoms with van der Waals surface area (Å²) < 4.78 is 5.69. The Kier molecular flexibility index (Phi) is 6.03. The Labute approximate surface area is 164 Å². The molecule has 1 N–H and O–H groups in total. The lowest BCUT2D eigenvalue weighted by Crippen LogP contribution is -2.44. The largest absolute Gasteiger partial charge is 0.484 e. The van der Waals surface area contributed by atoms with Gasteiger partial charge >= 0.3 is 0 Å². The van der Waals surface area contributed by atoms with Crippen LogP contribution < -0.4 is 4.74 Å². The molecule has 0 aliphatic carbocycles. The second kappa shape index (κ2) is 8.65. The van der Waals surface area contributed by atoms with E-state index in [-0.39, 0.29) is 24.6 Å². The number of benzene rings is 2. The fraction of sp³-hybridized carbons (Fsp3) is 0.333. The molecule has 0 spiro atoms. The van der Waals surface area contributed by atoms with Crippen molar-refractivity contribution >= 4 is 5.91 Å². The van der Waals surface area contributed by atoms with Crippen LogP contribution in [0.5, 0.6) is 5.75 Å². The van der Waals surface area contributed by atoms with Gasteiger partial charge in [-0.15, -0.1) is 5.10 Å². The van der Waals surface area contributed by atoms with Gasteiger partial charge in [-0.3, -0.25) is 4.79 Å². The highest BCUT2D eigenvalue weighted by Gasteiger charge is 2.20. The lowest BCUT2D eigenvalue weighted by atomic mass is 10.0. The maximum absolute atomic E-state index is 12.4. The second-order valence-corrected chi connectivity index (χ2v) is 7.13. The molecule has 0 bridgehead atoms. The fourth-order valence-corrected chi connectivity index (χ4v) is 3.24. The van der Waals surface area contributed by atoms with Gasteiger partial charge in [-0.1, -0.05) is 36.4 Å². The Balaban J connectivity index is 1.63. The first kappa shape index (κ1) is 19.5. The van der Waals surface area contributed by atoms with Gasteiger partial charge in [0, 0.05) is 17.6 Å². The molecular weight excluding hydrogens is 354 g/mol. The Morgan fingerprint density at radius 1 is 0.929 bits per heavy atom. The fourth-order valence-electron chi connectivity index (χ4n) is 3.24. The summed E-state index contributed by atoms with van der Waals surface area (Å²) in [4.78, 5) is 14.2. The molecule has 28 heavy (non-hydrogen) atoms. The van der Waals surface area contributed by atoms with Crippen LogP contribution in [0.1, 0.15) is 27.7 Å². The average Bonchev–Trinajstić information content (AvgIpc) is 3.21. The summed E-state index contributed by atoms with van der Waals surface area (Å²) in [5.41, 5.74) is 3.06. The maximum Gasteiger partial charge on any atom is 0.260 e. The zero-order chi connectivity index (χ0) is 20.1. The molecule has 0 fully saturated rings. The Morgan fingerprint density at radius 3 is 1.96 bits per heavy atom. The van der Waals surface area contributed by atoms with Crippen LogP contribution in [0.4, 0.5) is 0 Å². The van der Waals surface area contributed by atoms with Crippen LogP contribution in [0.15, 0.2) is 48.5 Å². The molecule has 0 saturated heterocycles. The van der Waals surface area contributed by atoms with Gasteiger partial charge in [-0.05, 0) is 61.4 Å². The summed E-state index contributed by atoms with van der Waals surface area (Å²) >= 11 is 0. The molecule has 7 heteroatoms. The van der Waals surface area contributed by atoms with Crippen LogP contribution in [0.2, 0.25) is 0 Å². The van der Waals surface area contributed by atoms with E-state index < -0.39 is 0 Å². The molecule has 146 valence electrons. The van der Waals surface area contributed by atoms with Gasteiger partial charge in [0.15, 0.2) is 12.4 Å². The van der Waals surface area contributed by atoms with Crippen molar-refractivity contribution in [3.05, 3.63) is 48.5 Å². The number of ether oxygens (including phenoxy) is 1. The van der Waals surface area contributed by atoms with E-state index in [1.807, 2.05) is 81.1 Å². The summed E-state index contributed by atoms with van der Waals surface area (Å²) in [5.74, 6) is 1.30. The van der Waals surface area contributed by atoms with E-state index in [1.54, 1.807) is 0 Å². The normalized spacial score (nSPS) is 11.1. The number of hydrogen-bond acceptors (Lipinski definition) is 5. The molecule has 3 rings (SSSR count). The van der Waals surface area contributed by atoms with Gasteiger partial charge in [-0.2, -0.15) is 0 Å². The highest BCUT2D eigenvalue weighted by molar-refractivity contribution is 5.78. The monoisotopic (exact) mass is 379 g/mol. The number of carbonyl (C=O) groups excluding carboxylic acids is 1. The summed E-state index contributed by atoms with van der Waals surface area (Å²) in [6.07, 6.45) is 0. The average molecular weight is 379 g/mol. The number of hydrogen-bond donors (Lipinski definition) is 1. The first-order chi connectivity index (χ1) is 13.5. The van der Waals surface area contributed by atoms with Crippen molar-refractivity contribution in [2.24, 2.45) is 0 Å². The Hall–Kier alpha value is -3.22. The lowest BCUT2D eigenvalue weighted by Gasteiger charge is -2.30. The van der Waals surface area contributed by atoms with Gasteiger partial charge in [0.2, 0.25) is 0 Å². The smallest absolute Gasteiger partial charge is 0.260 e. The molecule has 0 aliphatic heterocycles.